The number of benzene rings is 3. The molecule has 0 bridgehead atoms. The molecule has 8 nitrogen and oxygen atoms in total. The quantitative estimate of drug-likeness (QED) is 0.356. The Morgan fingerprint density at radius 1 is 0.972 bits per heavy atom. The summed E-state index contributed by atoms with van der Waals surface area (Å²) >= 11 is 0. The lowest BCUT2D eigenvalue weighted by Gasteiger charge is -2.32. The Morgan fingerprint density at radius 3 is 2.17 bits per heavy atom. The molecule has 4 rings (SSSR count). The third-order valence-electron chi connectivity index (χ3n) is 6.24. The Morgan fingerprint density at radius 2 is 1.58 bits per heavy atom. The van der Waals surface area contributed by atoms with Gasteiger partial charge >= 0.3 is 5.97 Å². The second-order valence-corrected chi connectivity index (χ2v) is 10.4. The van der Waals surface area contributed by atoms with Crippen molar-refractivity contribution < 1.29 is 27.5 Å². The lowest BCUT2D eigenvalue weighted by molar-refractivity contribution is -0.122. The number of aryl methyl sites for hydroxylation is 1. The molecule has 9 heteroatoms. The number of nitrogens with zero attached hydrogens (tertiary/aromatic N) is 2. The second-order valence-electron chi connectivity index (χ2n) is 8.56. The van der Waals surface area contributed by atoms with Gasteiger partial charge in [0.15, 0.2) is 0 Å². The van der Waals surface area contributed by atoms with Gasteiger partial charge in [-0.05, 0) is 55.8 Å². The Balaban J connectivity index is 1.75. The summed E-state index contributed by atoms with van der Waals surface area (Å²) in [6.07, 6.45) is -0.306. The topological polar surface area (TPSA) is 101 Å². The van der Waals surface area contributed by atoms with Gasteiger partial charge in [0.25, 0.3) is 5.91 Å². The number of rotatable bonds is 7. The maximum Gasteiger partial charge on any atom is 0.337 e. The number of carbonyl (C=O) groups is 3. The largest absolute Gasteiger partial charge is 0.465 e. The van der Waals surface area contributed by atoms with Crippen molar-refractivity contribution in [3.05, 3.63) is 95.6 Å². The highest BCUT2D eigenvalue weighted by molar-refractivity contribution is 7.89. The van der Waals surface area contributed by atoms with Crippen LogP contribution in [0.5, 0.6) is 0 Å². The van der Waals surface area contributed by atoms with E-state index in [0.717, 1.165) is 14.8 Å². The van der Waals surface area contributed by atoms with E-state index in [1.807, 2.05) is 13.0 Å². The molecule has 186 valence electrons. The molecule has 0 aromatic heterocycles. The molecule has 3 aromatic rings. The van der Waals surface area contributed by atoms with E-state index in [1.165, 1.54) is 43.5 Å². The Kier molecular flexibility index (Phi) is 7.05. The predicted molar refractivity (Wildman–Crippen MR) is 134 cm³/mol. The first kappa shape index (κ1) is 25.3. The van der Waals surface area contributed by atoms with E-state index in [4.69, 9.17) is 0 Å². The average Bonchev–Trinajstić information content (AvgIpc) is 3.17. The maximum atomic E-state index is 13.9. The minimum absolute atomic E-state index is 0.0389. The fourth-order valence-corrected chi connectivity index (χ4v) is 6.07. The van der Waals surface area contributed by atoms with Crippen molar-refractivity contribution in [2.24, 2.45) is 0 Å². The fourth-order valence-electron chi connectivity index (χ4n) is 4.31. The predicted octanol–water partition coefficient (Wildman–Crippen LogP) is 3.87. The molecule has 36 heavy (non-hydrogen) atoms. The molecule has 1 fully saturated rings. The van der Waals surface area contributed by atoms with Crippen LogP contribution < -0.4 is 4.90 Å². The van der Waals surface area contributed by atoms with Crippen molar-refractivity contribution in [3.63, 3.8) is 0 Å². The molecule has 2 amide bonds. The molecular weight excluding hydrogens is 480 g/mol. The Bertz CT molecular complexity index is 1390. The van der Waals surface area contributed by atoms with Crippen LogP contribution in [0.15, 0.2) is 83.8 Å². The van der Waals surface area contributed by atoms with Gasteiger partial charge in [-0.3, -0.25) is 9.59 Å². The first-order chi connectivity index (χ1) is 17.1. The lowest BCUT2D eigenvalue weighted by atomic mass is 10.1. The van der Waals surface area contributed by atoms with Gasteiger partial charge in [-0.2, -0.15) is 4.31 Å². The molecule has 1 saturated heterocycles. The van der Waals surface area contributed by atoms with Gasteiger partial charge in [0.2, 0.25) is 15.9 Å². The van der Waals surface area contributed by atoms with E-state index >= 15 is 0 Å². The van der Waals surface area contributed by atoms with E-state index in [2.05, 4.69) is 4.74 Å². The van der Waals surface area contributed by atoms with Crippen molar-refractivity contribution in [2.45, 2.75) is 37.2 Å². The first-order valence-corrected chi connectivity index (χ1v) is 12.8. The van der Waals surface area contributed by atoms with E-state index < -0.39 is 39.9 Å². The second kappa shape index (κ2) is 10.0. The van der Waals surface area contributed by atoms with E-state index in [1.54, 1.807) is 43.3 Å². The van der Waals surface area contributed by atoms with Crippen molar-refractivity contribution in [3.8, 4) is 0 Å². The number of amides is 2. The van der Waals surface area contributed by atoms with Crippen LogP contribution in [-0.4, -0.2) is 43.7 Å². The van der Waals surface area contributed by atoms with E-state index in [9.17, 15) is 22.8 Å². The van der Waals surface area contributed by atoms with Gasteiger partial charge < -0.3 is 4.74 Å². The smallest absolute Gasteiger partial charge is 0.337 e. The van der Waals surface area contributed by atoms with Gasteiger partial charge in [-0.25, -0.2) is 18.1 Å². The summed E-state index contributed by atoms with van der Waals surface area (Å²) < 4.78 is 33.6. The van der Waals surface area contributed by atoms with Crippen LogP contribution in [0.4, 0.5) is 5.69 Å². The van der Waals surface area contributed by atoms with Crippen LogP contribution in [0, 0.1) is 6.92 Å². The summed E-state index contributed by atoms with van der Waals surface area (Å²) in [6.45, 7) is 3.55. The Labute approximate surface area is 210 Å². The van der Waals surface area contributed by atoms with E-state index in [0.29, 0.717) is 5.56 Å². The van der Waals surface area contributed by atoms with Crippen LogP contribution >= 0.6 is 0 Å². The molecular formula is C27H26N2O6S. The third kappa shape index (κ3) is 4.67. The minimum Gasteiger partial charge on any atom is -0.465 e. The monoisotopic (exact) mass is 506 g/mol. The number of imide groups is 1. The van der Waals surface area contributed by atoms with Crippen LogP contribution in [0.3, 0.4) is 0 Å². The molecule has 0 aliphatic carbocycles. The standard InChI is InChI=1S/C27H26N2O6S/c1-18-9-15-23(16-10-18)36(33,34)29(19(2)20-7-5-4-6-8-20)24-17-25(30)28(26(24)31)22-13-11-21(12-14-22)27(32)35-3/h4-16,19,24H,17H2,1-3H3. The molecule has 2 atom stereocenters. The number of hydrogen-bond acceptors (Lipinski definition) is 6. The number of esters is 1. The molecule has 0 saturated carbocycles. The summed E-state index contributed by atoms with van der Waals surface area (Å²) in [5.74, 6) is -1.73. The number of anilines is 1. The summed E-state index contributed by atoms with van der Waals surface area (Å²) in [6, 6.07) is 19.2. The molecule has 1 heterocycles. The normalized spacial score (nSPS) is 16.9. The maximum absolute atomic E-state index is 13.9. The summed E-state index contributed by atoms with van der Waals surface area (Å²) in [4.78, 5) is 39.4. The number of sulfonamides is 1. The zero-order valence-electron chi connectivity index (χ0n) is 20.1. The van der Waals surface area contributed by atoms with Gasteiger partial charge in [0.1, 0.15) is 6.04 Å². The molecule has 0 spiro atoms. The zero-order chi connectivity index (χ0) is 26.0. The summed E-state index contributed by atoms with van der Waals surface area (Å²) in [5, 5.41) is 0. The Hall–Kier alpha value is -3.82. The highest BCUT2D eigenvalue weighted by atomic mass is 32.2. The summed E-state index contributed by atoms with van der Waals surface area (Å²) in [7, 11) is -2.90. The molecule has 0 N–H and O–H groups in total. The average molecular weight is 507 g/mol. The number of carbonyl (C=O) groups excluding carboxylic acids is 3. The molecule has 0 radical (unpaired) electrons. The van der Waals surface area contributed by atoms with Crippen molar-refractivity contribution in [1.29, 1.82) is 0 Å². The minimum atomic E-state index is -4.16. The van der Waals surface area contributed by atoms with Gasteiger partial charge in [0.05, 0.1) is 29.7 Å². The summed E-state index contributed by atoms with van der Waals surface area (Å²) in [5.41, 5.74) is 2.10. The lowest BCUT2D eigenvalue weighted by Crippen LogP contribution is -2.46. The molecule has 1 aliphatic rings. The zero-order valence-corrected chi connectivity index (χ0v) is 20.9. The van der Waals surface area contributed by atoms with Crippen LogP contribution in [-0.2, 0) is 24.3 Å². The van der Waals surface area contributed by atoms with Crippen molar-refractivity contribution >= 4 is 33.5 Å². The van der Waals surface area contributed by atoms with Crippen LogP contribution in [0.1, 0.15) is 40.9 Å². The van der Waals surface area contributed by atoms with Crippen molar-refractivity contribution in [1.82, 2.24) is 4.31 Å². The van der Waals surface area contributed by atoms with Gasteiger partial charge in [-0.1, -0.05) is 48.0 Å². The number of methoxy groups -OCH3 is 1. The van der Waals surface area contributed by atoms with Gasteiger partial charge in [-0.15, -0.1) is 0 Å². The van der Waals surface area contributed by atoms with E-state index in [-0.39, 0.29) is 22.6 Å². The van der Waals surface area contributed by atoms with Crippen LogP contribution in [0.2, 0.25) is 0 Å². The van der Waals surface area contributed by atoms with Gasteiger partial charge in [0, 0.05) is 6.04 Å². The van der Waals surface area contributed by atoms with Crippen molar-refractivity contribution in [2.75, 3.05) is 12.0 Å². The van der Waals surface area contributed by atoms with Crippen LogP contribution in [0.25, 0.3) is 0 Å². The number of hydrogen-bond donors (Lipinski definition) is 0. The number of ether oxygens (including phenoxy) is 1. The third-order valence-corrected chi connectivity index (χ3v) is 8.23. The molecule has 3 aromatic carbocycles. The highest BCUT2D eigenvalue weighted by Gasteiger charge is 2.48. The fraction of sp³-hybridized carbons (Fsp3) is 0.222. The highest BCUT2D eigenvalue weighted by Crippen LogP contribution is 2.35. The first-order valence-electron chi connectivity index (χ1n) is 11.4. The SMILES string of the molecule is COC(=O)c1ccc(N2C(=O)CC(N(C(C)c3ccccc3)S(=O)(=O)c3ccc(C)cc3)C2=O)cc1. The molecule has 2 unspecified atom stereocenters. The molecule has 1 aliphatic heterocycles.